The summed E-state index contributed by atoms with van der Waals surface area (Å²) in [7, 11) is 3.53. The number of piperidine rings is 1. The van der Waals surface area contributed by atoms with E-state index in [-0.39, 0.29) is 12.8 Å². The molecule has 1 saturated heterocycles. The molecule has 0 spiro atoms. The highest BCUT2D eigenvalue weighted by molar-refractivity contribution is 5.83. The molecule has 0 bridgehead atoms. The van der Waals surface area contributed by atoms with Crippen molar-refractivity contribution in [3.05, 3.63) is 71.3 Å². The number of likely N-dealkylation sites (tertiary alicyclic amines) is 1. The molecule has 0 N–H and O–H groups in total. The van der Waals surface area contributed by atoms with Crippen molar-refractivity contribution in [2.24, 2.45) is 0 Å². The van der Waals surface area contributed by atoms with Crippen molar-refractivity contribution >= 4 is 5.57 Å². The van der Waals surface area contributed by atoms with Crippen LogP contribution in [0.1, 0.15) is 36.0 Å². The first-order chi connectivity index (χ1) is 13.9. The Hall–Kier alpha value is -2.31. The van der Waals surface area contributed by atoms with Crippen LogP contribution in [0.2, 0.25) is 0 Å². The van der Waals surface area contributed by atoms with E-state index in [4.69, 9.17) is 9.47 Å². The van der Waals surface area contributed by atoms with E-state index in [1.54, 1.807) is 0 Å². The van der Waals surface area contributed by atoms with E-state index in [1.807, 2.05) is 30.3 Å². The standard InChI is InChI=1S/C23H26F3NO2/c1-27-13-7-6-10-19(27)15-20(17-8-4-3-5-9-17)21-14-18(23(24,25)26)11-12-22(21)29-16-28-2/h3-5,8-9,11-12,14-15,19H,6-7,10,13,16H2,1-2H3. The Morgan fingerprint density at radius 2 is 1.90 bits per heavy atom. The second-order valence-corrected chi connectivity index (χ2v) is 7.25. The van der Waals surface area contributed by atoms with E-state index < -0.39 is 11.7 Å². The molecule has 0 saturated carbocycles. The summed E-state index contributed by atoms with van der Waals surface area (Å²) in [5.41, 5.74) is 1.31. The van der Waals surface area contributed by atoms with Crippen molar-refractivity contribution in [3.63, 3.8) is 0 Å². The lowest BCUT2D eigenvalue weighted by atomic mass is 9.91. The molecule has 0 aliphatic carbocycles. The summed E-state index contributed by atoms with van der Waals surface area (Å²) in [5.74, 6) is 0.369. The fourth-order valence-electron chi connectivity index (χ4n) is 3.63. The summed E-state index contributed by atoms with van der Waals surface area (Å²) in [6.45, 7) is 0.933. The highest BCUT2D eigenvalue weighted by Crippen LogP contribution is 2.38. The molecule has 1 fully saturated rings. The Morgan fingerprint density at radius 3 is 2.55 bits per heavy atom. The second kappa shape index (κ2) is 9.46. The minimum Gasteiger partial charge on any atom is -0.467 e. The number of ether oxygens (including phenoxy) is 2. The SMILES string of the molecule is COCOc1ccc(C(F)(F)F)cc1C(=CC1CCCCN1C)c1ccccc1. The molecule has 1 atom stereocenters. The zero-order valence-corrected chi connectivity index (χ0v) is 16.7. The van der Waals surface area contributed by atoms with Crippen LogP contribution in [0.3, 0.4) is 0 Å². The number of hydrogen-bond acceptors (Lipinski definition) is 3. The predicted molar refractivity (Wildman–Crippen MR) is 108 cm³/mol. The van der Waals surface area contributed by atoms with Crippen molar-refractivity contribution in [2.75, 3.05) is 27.5 Å². The molecule has 3 rings (SSSR count). The van der Waals surface area contributed by atoms with Gasteiger partial charge in [0.1, 0.15) is 5.75 Å². The first kappa shape index (κ1) is 21.4. The number of alkyl halides is 3. The van der Waals surface area contributed by atoms with Crippen LogP contribution in [0, 0.1) is 0 Å². The van der Waals surface area contributed by atoms with Crippen molar-refractivity contribution < 1.29 is 22.6 Å². The Kier molecular flexibility index (Phi) is 6.98. The van der Waals surface area contributed by atoms with Crippen LogP contribution in [0.25, 0.3) is 5.57 Å². The number of rotatable bonds is 6. The summed E-state index contributed by atoms with van der Waals surface area (Å²) in [5, 5.41) is 0. The zero-order valence-electron chi connectivity index (χ0n) is 16.7. The minimum atomic E-state index is -4.43. The fraction of sp³-hybridized carbons (Fsp3) is 0.391. The molecular formula is C23H26F3NO2. The maximum Gasteiger partial charge on any atom is 0.416 e. The van der Waals surface area contributed by atoms with E-state index in [1.165, 1.54) is 19.2 Å². The molecule has 1 aliphatic heterocycles. The highest BCUT2D eigenvalue weighted by Gasteiger charge is 2.32. The molecule has 156 valence electrons. The van der Waals surface area contributed by atoms with Crippen molar-refractivity contribution in [2.45, 2.75) is 31.5 Å². The van der Waals surface area contributed by atoms with E-state index in [0.29, 0.717) is 11.3 Å². The summed E-state index contributed by atoms with van der Waals surface area (Å²) in [6.07, 6.45) is 0.845. The molecule has 6 heteroatoms. The minimum absolute atomic E-state index is 0.0379. The Labute approximate surface area is 169 Å². The van der Waals surface area contributed by atoms with Gasteiger partial charge in [-0.25, -0.2) is 0 Å². The van der Waals surface area contributed by atoms with Gasteiger partial charge in [0.25, 0.3) is 0 Å². The Balaban J connectivity index is 2.15. The average molecular weight is 405 g/mol. The molecule has 0 amide bonds. The van der Waals surface area contributed by atoms with Crippen molar-refractivity contribution in [3.8, 4) is 5.75 Å². The van der Waals surface area contributed by atoms with Crippen LogP contribution in [-0.4, -0.2) is 38.4 Å². The van der Waals surface area contributed by atoms with Crippen LogP contribution < -0.4 is 4.74 Å². The van der Waals surface area contributed by atoms with E-state index >= 15 is 0 Å². The molecule has 3 nitrogen and oxygen atoms in total. The molecule has 2 aromatic rings. The van der Waals surface area contributed by atoms with Gasteiger partial charge in [0.05, 0.1) is 5.56 Å². The van der Waals surface area contributed by atoms with E-state index in [0.717, 1.165) is 43.0 Å². The molecule has 1 aliphatic rings. The van der Waals surface area contributed by atoms with Gasteiger partial charge in [-0.1, -0.05) is 42.8 Å². The predicted octanol–water partition coefficient (Wildman–Crippen LogP) is 5.60. The summed E-state index contributed by atoms with van der Waals surface area (Å²) >= 11 is 0. The molecule has 29 heavy (non-hydrogen) atoms. The summed E-state index contributed by atoms with van der Waals surface area (Å²) in [6, 6.07) is 13.2. The maximum atomic E-state index is 13.4. The average Bonchev–Trinajstić information content (AvgIpc) is 2.71. The number of nitrogens with zero attached hydrogens (tertiary/aromatic N) is 1. The zero-order chi connectivity index (χ0) is 20.9. The quantitative estimate of drug-likeness (QED) is 0.584. The van der Waals surface area contributed by atoms with Gasteiger partial charge in [-0.2, -0.15) is 13.2 Å². The van der Waals surface area contributed by atoms with E-state index in [9.17, 15) is 13.2 Å². The molecule has 0 aromatic heterocycles. The number of halogens is 3. The van der Waals surface area contributed by atoms with Gasteiger partial charge >= 0.3 is 6.18 Å². The number of hydrogen-bond donors (Lipinski definition) is 0. The lowest BCUT2D eigenvalue weighted by Gasteiger charge is -2.31. The number of benzene rings is 2. The van der Waals surface area contributed by atoms with Crippen LogP contribution in [-0.2, 0) is 10.9 Å². The topological polar surface area (TPSA) is 21.7 Å². The molecule has 1 heterocycles. The van der Waals surface area contributed by atoms with Crippen LogP contribution >= 0.6 is 0 Å². The highest BCUT2D eigenvalue weighted by atomic mass is 19.4. The molecule has 2 aromatic carbocycles. The van der Waals surface area contributed by atoms with Crippen molar-refractivity contribution in [1.29, 1.82) is 0 Å². The first-order valence-electron chi connectivity index (χ1n) is 9.71. The summed E-state index contributed by atoms with van der Waals surface area (Å²) in [4.78, 5) is 2.25. The van der Waals surface area contributed by atoms with Gasteiger partial charge < -0.3 is 9.47 Å². The van der Waals surface area contributed by atoms with Gasteiger partial charge in [-0.05, 0) is 55.8 Å². The normalized spacial score (nSPS) is 18.7. The monoisotopic (exact) mass is 405 g/mol. The van der Waals surface area contributed by atoms with Gasteiger partial charge in [0.2, 0.25) is 0 Å². The van der Waals surface area contributed by atoms with Gasteiger partial charge in [0.15, 0.2) is 6.79 Å². The largest absolute Gasteiger partial charge is 0.467 e. The lowest BCUT2D eigenvalue weighted by molar-refractivity contribution is -0.137. The number of methoxy groups -OCH3 is 1. The van der Waals surface area contributed by atoms with Crippen LogP contribution in [0.5, 0.6) is 5.75 Å². The fourth-order valence-corrected chi connectivity index (χ4v) is 3.63. The van der Waals surface area contributed by atoms with Crippen molar-refractivity contribution in [1.82, 2.24) is 4.90 Å². The maximum absolute atomic E-state index is 13.4. The van der Waals surface area contributed by atoms with Crippen LogP contribution in [0.15, 0.2) is 54.6 Å². The Morgan fingerprint density at radius 1 is 1.14 bits per heavy atom. The third-order valence-electron chi connectivity index (χ3n) is 5.20. The molecule has 1 unspecified atom stereocenters. The van der Waals surface area contributed by atoms with E-state index in [2.05, 4.69) is 18.0 Å². The summed E-state index contributed by atoms with van der Waals surface area (Å²) < 4.78 is 50.9. The van der Waals surface area contributed by atoms with Gasteiger partial charge in [-0.15, -0.1) is 0 Å². The first-order valence-corrected chi connectivity index (χ1v) is 9.71. The second-order valence-electron chi connectivity index (χ2n) is 7.25. The third kappa shape index (κ3) is 5.40. The number of likely N-dealkylation sites (N-methyl/N-ethyl adjacent to an activating group) is 1. The Bertz CT molecular complexity index is 834. The smallest absolute Gasteiger partial charge is 0.416 e. The van der Waals surface area contributed by atoms with Crippen LogP contribution in [0.4, 0.5) is 13.2 Å². The molecule has 0 radical (unpaired) electrons. The van der Waals surface area contributed by atoms with Gasteiger partial charge in [0, 0.05) is 18.7 Å². The third-order valence-corrected chi connectivity index (χ3v) is 5.20. The lowest BCUT2D eigenvalue weighted by Crippen LogP contribution is -2.34. The molecular weight excluding hydrogens is 379 g/mol. The van der Waals surface area contributed by atoms with Gasteiger partial charge in [-0.3, -0.25) is 4.90 Å².